The van der Waals surface area contributed by atoms with Gasteiger partial charge in [-0.25, -0.2) is 5.84 Å². The largest absolute Gasteiger partial charge is 0.401 e. The van der Waals surface area contributed by atoms with Crippen LogP contribution in [0.5, 0.6) is 0 Å². The van der Waals surface area contributed by atoms with Gasteiger partial charge in [0.2, 0.25) is 0 Å². The molecule has 1 aliphatic heterocycles. The molecular formula is C7H11N3. The minimum absolute atomic E-state index is 0.725. The molecule has 0 aliphatic carbocycles. The minimum Gasteiger partial charge on any atom is -0.401 e. The molecule has 0 fully saturated rings. The zero-order chi connectivity index (χ0) is 7.56. The number of allylic oxidation sites excluding steroid dienone is 4. The third-order valence-corrected chi connectivity index (χ3v) is 1.29. The van der Waals surface area contributed by atoms with Crippen LogP contribution in [0.4, 0.5) is 0 Å². The van der Waals surface area contributed by atoms with Crippen LogP contribution in [0, 0.1) is 0 Å². The smallest absolute Gasteiger partial charge is 0.0752 e. The molecule has 1 heterocycles. The molecule has 0 saturated carbocycles. The second kappa shape index (κ2) is 2.58. The molecule has 0 saturated heterocycles. The number of hydrogen-bond donors (Lipinski definition) is 2. The van der Waals surface area contributed by atoms with E-state index >= 15 is 0 Å². The Bertz CT molecular complexity index is 209. The average molecular weight is 137 g/mol. The predicted molar refractivity (Wildman–Crippen MR) is 41.2 cm³/mol. The van der Waals surface area contributed by atoms with E-state index in [1.807, 2.05) is 25.2 Å². The molecule has 0 aromatic heterocycles. The number of nitrogens with zero attached hydrogens (tertiary/aromatic N) is 1. The molecule has 3 heteroatoms. The zero-order valence-corrected chi connectivity index (χ0v) is 5.91. The molecule has 0 spiro atoms. The summed E-state index contributed by atoms with van der Waals surface area (Å²) in [5.41, 5.74) is 7.10. The van der Waals surface area contributed by atoms with Gasteiger partial charge in [0.25, 0.3) is 0 Å². The highest BCUT2D eigenvalue weighted by Crippen LogP contribution is 2.08. The van der Waals surface area contributed by atoms with Crippen LogP contribution >= 0.6 is 0 Å². The lowest BCUT2D eigenvalue weighted by atomic mass is 10.2. The highest BCUT2D eigenvalue weighted by Gasteiger charge is 2.02. The monoisotopic (exact) mass is 137 g/mol. The van der Waals surface area contributed by atoms with Crippen LogP contribution < -0.4 is 11.6 Å². The van der Waals surface area contributed by atoms with E-state index in [9.17, 15) is 0 Å². The van der Waals surface area contributed by atoms with Gasteiger partial charge < -0.3 is 5.73 Å². The molecule has 0 amide bonds. The van der Waals surface area contributed by atoms with E-state index in [0.29, 0.717) is 0 Å². The summed E-state index contributed by atoms with van der Waals surface area (Å²) in [5.74, 6) is 5.54. The summed E-state index contributed by atoms with van der Waals surface area (Å²) in [6.45, 7) is 1.82. The van der Waals surface area contributed by atoms with Crippen LogP contribution in [0.1, 0.15) is 6.92 Å². The molecule has 1 aliphatic rings. The molecule has 0 aromatic carbocycles. The fraction of sp³-hybridized carbons (Fsp3) is 0.143. The number of hydrogen-bond acceptors (Lipinski definition) is 3. The van der Waals surface area contributed by atoms with Gasteiger partial charge in [-0.05, 0) is 19.1 Å². The molecule has 0 unspecified atom stereocenters. The van der Waals surface area contributed by atoms with Crippen molar-refractivity contribution in [2.24, 2.45) is 11.6 Å². The van der Waals surface area contributed by atoms with Crippen LogP contribution in [0.2, 0.25) is 0 Å². The Kier molecular flexibility index (Phi) is 1.78. The fourth-order valence-corrected chi connectivity index (χ4v) is 0.791. The van der Waals surface area contributed by atoms with E-state index in [2.05, 4.69) is 0 Å². The lowest BCUT2D eigenvalue weighted by molar-refractivity contribution is 0.498. The molecule has 0 bridgehead atoms. The maximum Gasteiger partial charge on any atom is 0.0752 e. The van der Waals surface area contributed by atoms with Gasteiger partial charge >= 0.3 is 0 Å². The highest BCUT2D eigenvalue weighted by molar-refractivity contribution is 5.29. The molecule has 4 N–H and O–H groups in total. The average Bonchev–Trinajstić information content (AvgIpc) is 1.88. The van der Waals surface area contributed by atoms with Gasteiger partial charge in [0.05, 0.1) is 5.70 Å². The first-order chi connectivity index (χ1) is 4.72. The summed E-state index contributed by atoms with van der Waals surface area (Å²) >= 11 is 0. The van der Waals surface area contributed by atoms with Crippen molar-refractivity contribution in [3.8, 4) is 0 Å². The summed E-state index contributed by atoms with van der Waals surface area (Å²) in [5, 5.41) is 1.50. The molecule has 1 rings (SSSR count). The summed E-state index contributed by atoms with van der Waals surface area (Å²) in [6.07, 6.45) is 7.38. The van der Waals surface area contributed by atoms with Crippen molar-refractivity contribution in [2.45, 2.75) is 6.92 Å². The molecule has 10 heavy (non-hydrogen) atoms. The number of rotatable bonds is 0. The van der Waals surface area contributed by atoms with Gasteiger partial charge in [-0.3, -0.25) is 5.01 Å². The Balaban J connectivity index is 2.91. The molecule has 0 atom stereocenters. The van der Waals surface area contributed by atoms with Crippen molar-refractivity contribution in [2.75, 3.05) is 0 Å². The first kappa shape index (κ1) is 6.89. The van der Waals surface area contributed by atoms with Gasteiger partial charge in [0.1, 0.15) is 0 Å². The van der Waals surface area contributed by atoms with Crippen molar-refractivity contribution < 1.29 is 0 Å². The molecule has 0 radical (unpaired) electrons. The Morgan fingerprint density at radius 1 is 1.50 bits per heavy atom. The van der Waals surface area contributed by atoms with Crippen LogP contribution in [-0.4, -0.2) is 5.01 Å². The third kappa shape index (κ3) is 1.19. The Morgan fingerprint density at radius 3 is 2.60 bits per heavy atom. The number of nitrogens with two attached hydrogens (primary N) is 2. The maximum absolute atomic E-state index is 5.54. The second-order valence-corrected chi connectivity index (χ2v) is 2.18. The van der Waals surface area contributed by atoms with Gasteiger partial charge in [-0.2, -0.15) is 0 Å². The van der Waals surface area contributed by atoms with Gasteiger partial charge in [0.15, 0.2) is 0 Å². The fourth-order valence-electron chi connectivity index (χ4n) is 0.791. The third-order valence-electron chi connectivity index (χ3n) is 1.29. The Labute approximate surface area is 60.3 Å². The van der Waals surface area contributed by atoms with Crippen LogP contribution in [0.25, 0.3) is 0 Å². The van der Waals surface area contributed by atoms with Crippen LogP contribution in [-0.2, 0) is 0 Å². The molecule has 0 aromatic rings. The highest BCUT2D eigenvalue weighted by atomic mass is 15.4. The zero-order valence-electron chi connectivity index (χ0n) is 5.91. The Hall–Kier alpha value is -1.22. The molecular weight excluding hydrogens is 126 g/mol. The van der Waals surface area contributed by atoms with E-state index in [1.165, 1.54) is 5.01 Å². The standard InChI is InChI=1S/C7H11N3/c1-6(8)7-4-2-3-5-10(7)9/h2-5H,8-9H2,1H3/b7-6-. The molecule has 54 valence electrons. The summed E-state index contributed by atoms with van der Waals surface area (Å²) in [7, 11) is 0. The Morgan fingerprint density at radius 2 is 2.20 bits per heavy atom. The normalized spacial score (nSPS) is 21.6. The van der Waals surface area contributed by atoms with Crippen LogP contribution in [0.15, 0.2) is 35.8 Å². The minimum atomic E-state index is 0.725. The quantitative estimate of drug-likeness (QED) is 0.476. The van der Waals surface area contributed by atoms with Gasteiger partial charge in [0, 0.05) is 11.9 Å². The van der Waals surface area contributed by atoms with E-state index < -0.39 is 0 Å². The first-order valence-electron chi connectivity index (χ1n) is 3.07. The summed E-state index contributed by atoms with van der Waals surface area (Å²) < 4.78 is 0. The molecule has 3 nitrogen and oxygen atoms in total. The predicted octanol–water partition coefficient (Wildman–Crippen LogP) is 0.436. The number of hydrazine groups is 1. The van der Waals surface area contributed by atoms with E-state index in [1.54, 1.807) is 6.20 Å². The SMILES string of the molecule is C/C(N)=C1\C=CC=CN1N. The van der Waals surface area contributed by atoms with Crippen molar-refractivity contribution >= 4 is 0 Å². The van der Waals surface area contributed by atoms with Gasteiger partial charge in [-0.1, -0.05) is 6.08 Å². The van der Waals surface area contributed by atoms with Gasteiger partial charge in [-0.15, -0.1) is 0 Å². The summed E-state index contributed by atoms with van der Waals surface area (Å²) in [6, 6.07) is 0. The second-order valence-electron chi connectivity index (χ2n) is 2.18. The van der Waals surface area contributed by atoms with Crippen molar-refractivity contribution in [1.82, 2.24) is 5.01 Å². The summed E-state index contributed by atoms with van der Waals surface area (Å²) in [4.78, 5) is 0. The van der Waals surface area contributed by atoms with Crippen molar-refractivity contribution in [3.05, 3.63) is 35.8 Å². The van der Waals surface area contributed by atoms with Crippen molar-refractivity contribution in [3.63, 3.8) is 0 Å². The topological polar surface area (TPSA) is 55.3 Å². The van der Waals surface area contributed by atoms with Crippen LogP contribution in [0.3, 0.4) is 0 Å². The lowest BCUT2D eigenvalue weighted by Crippen LogP contribution is -2.26. The lowest BCUT2D eigenvalue weighted by Gasteiger charge is -2.18. The first-order valence-corrected chi connectivity index (χ1v) is 3.07. The van der Waals surface area contributed by atoms with E-state index in [0.717, 1.165) is 11.4 Å². The van der Waals surface area contributed by atoms with E-state index in [-0.39, 0.29) is 0 Å². The van der Waals surface area contributed by atoms with Crippen molar-refractivity contribution in [1.29, 1.82) is 0 Å². The van der Waals surface area contributed by atoms with E-state index in [4.69, 9.17) is 11.6 Å². The maximum atomic E-state index is 5.54.